The van der Waals surface area contributed by atoms with Crippen LogP contribution in [0.15, 0.2) is 91.0 Å². The normalized spacial score (nSPS) is 27.3. The number of rotatable bonds is 8. The van der Waals surface area contributed by atoms with Gasteiger partial charge in [0.2, 0.25) is 17.7 Å². The van der Waals surface area contributed by atoms with Crippen molar-refractivity contribution < 1.29 is 28.2 Å². The third-order valence-corrected chi connectivity index (χ3v) is 9.24. The van der Waals surface area contributed by atoms with E-state index in [0.717, 1.165) is 32.1 Å². The predicted octanol–water partition coefficient (Wildman–Crippen LogP) is 5.36. The summed E-state index contributed by atoms with van der Waals surface area (Å²) in [6.07, 6.45) is 7.97. The van der Waals surface area contributed by atoms with E-state index in [1.54, 1.807) is 48.6 Å². The number of benzene rings is 3. The molecule has 8 nitrogen and oxygen atoms in total. The summed E-state index contributed by atoms with van der Waals surface area (Å²) >= 11 is 0. The van der Waals surface area contributed by atoms with Crippen LogP contribution in [0.3, 0.4) is 0 Å². The van der Waals surface area contributed by atoms with Gasteiger partial charge in [0, 0.05) is 18.3 Å². The summed E-state index contributed by atoms with van der Waals surface area (Å²) in [5.41, 5.74) is -0.0315. The molecule has 3 heterocycles. The number of carbonyl (C=O) groups is 3. The molecule has 44 heavy (non-hydrogen) atoms. The molecule has 226 valence electrons. The first-order chi connectivity index (χ1) is 21.4. The van der Waals surface area contributed by atoms with Gasteiger partial charge >= 0.3 is 0 Å². The molecule has 1 spiro atoms. The van der Waals surface area contributed by atoms with Crippen molar-refractivity contribution in [2.75, 3.05) is 5.32 Å². The standard InChI is InChI=1S/C35H34FN3O5/c36-23-13-11-22(12-14-23)21-39-31(33(41)38-24-7-3-1-4-8-24)35-20-19-28(44-35)29(30(35)34(39)42)32(40)37-25-15-17-27(18-16-25)43-26-9-5-2-6-10-26/h2,5-6,9-20,24,28-31H,1,3-4,7-8,21H2,(H,37,40)(H,38,41)/t28-,29-,30-,31-,35-/m1/s1. The highest BCUT2D eigenvalue weighted by Gasteiger charge is 2.72. The number of nitrogens with zero attached hydrogens (tertiary/aromatic N) is 1. The molecule has 3 aliphatic heterocycles. The quantitative estimate of drug-likeness (QED) is 0.342. The average molecular weight is 596 g/mol. The maximum absolute atomic E-state index is 14.2. The van der Waals surface area contributed by atoms with Gasteiger partial charge in [-0.1, -0.05) is 61.7 Å². The fraction of sp³-hybridized carbons (Fsp3) is 0.343. The van der Waals surface area contributed by atoms with Crippen LogP contribution in [0, 0.1) is 17.7 Å². The van der Waals surface area contributed by atoms with Crippen LogP contribution in [-0.4, -0.2) is 46.4 Å². The van der Waals surface area contributed by atoms with Crippen molar-refractivity contribution in [3.8, 4) is 11.5 Å². The second-order valence-corrected chi connectivity index (χ2v) is 12.1. The Morgan fingerprint density at radius 2 is 1.61 bits per heavy atom. The van der Waals surface area contributed by atoms with Crippen LogP contribution in [-0.2, 0) is 25.7 Å². The monoisotopic (exact) mass is 595 g/mol. The number of carbonyl (C=O) groups excluding carboxylic acids is 3. The first-order valence-electron chi connectivity index (χ1n) is 15.3. The van der Waals surface area contributed by atoms with Gasteiger partial charge in [0.25, 0.3) is 0 Å². The minimum Gasteiger partial charge on any atom is -0.457 e. The number of likely N-dealkylation sites (tertiary alicyclic amines) is 1. The molecule has 9 heteroatoms. The third-order valence-electron chi connectivity index (χ3n) is 9.24. The second-order valence-electron chi connectivity index (χ2n) is 12.1. The summed E-state index contributed by atoms with van der Waals surface area (Å²) in [7, 11) is 0. The van der Waals surface area contributed by atoms with E-state index in [2.05, 4.69) is 10.6 Å². The van der Waals surface area contributed by atoms with Crippen molar-refractivity contribution in [3.05, 3.63) is 102 Å². The fourth-order valence-electron chi connectivity index (χ4n) is 7.21. The molecule has 2 bridgehead atoms. The van der Waals surface area contributed by atoms with Gasteiger partial charge in [0.05, 0.1) is 17.9 Å². The van der Waals surface area contributed by atoms with E-state index in [9.17, 15) is 18.8 Å². The summed E-state index contributed by atoms with van der Waals surface area (Å²) in [5.74, 6) is -1.72. The Hall–Kier alpha value is -4.50. The molecule has 4 aliphatic rings. The van der Waals surface area contributed by atoms with E-state index in [1.165, 1.54) is 17.0 Å². The minimum absolute atomic E-state index is 0.0324. The molecular formula is C35H34FN3O5. The van der Waals surface area contributed by atoms with Gasteiger partial charge in [-0.2, -0.15) is 0 Å². The van der Waals surface area contributed by atoms with Crippen LogP contribution in [0.5, 0.6) is 11.5 Å². The smallest absolute Gasteiger partial charge is 0.246 e. The zero-order valence-corrected chi connectivity index (χ0v) is 24.2. The number of fused-ring (bicyclic) bond motifs is 1. The van der Waals surface area contributed by atoms with Crippen LogP contribution in [0.4, 0.5) is 10.1 Å². The van der Waals surface area contributed by atoms with Crippen molar-refractivity contribution in [1.82, 2.24) is 10.2 Å². The molecule has 0 radical (unpaired) electrons. The number of hydrogen-bond acceptors (Lipinski definition) is 5. The molecule has 0 unspecified atom stereocenters. The minimum atomic E-state index is -1.27. The van der Waals surface area contributed by atoms with Crippen LogP contribution in [0.1, 0.15) is 37.7 Å². The molecule has 3 aromatic rings. The number of hydrogen-bond donors (Lipinski definition) is 2. The molecule has 7 rings (SSSR count). The Morgan fingerprint density at radius 1 is 0.909 bits per heavy atom. The van der Waals surface area contributed by atoms with Gasteiger partial charge in [-0.3, -0.25) is 14.4 Å². The van der Waals surface area contributed by atoms with Crippen molar-refractivity contribution in [2.24, 2.45) is 11.8 Å². The molecule has 1 aliphatic carbocycles. The number of amides is 3. The van der Waals surface area contributed by atoms with Gasteiger partial charge in [-0.15, -0.1) is 0 Å². The molecule has 3 aromatic carbocycles. The summed E-state index contributed by atoms with van der Waals surface area (Å²) in [5, 5.41) is 6.13. The molecule has 3 fully saturated rings. The number of nitrogens with one attached hydrogen (secondary N) is 2. The van der Waals surface area contributed by atoms with Gasteiger partial charge < -0.3 is 25.0 Å². The van der Waals surface area contributed by atoms with E-state index >= 15 is 0 Å². The number of ether oxygens (including phenoxy) is 2. The highest BCUT2D eigenvalue weighted by Crippen LogP contribution is 2.55. The maximum Gasteiger partial charge on any atom is 0.246 e. The Labute approximate surface area is 255 Å². The lowest BCUT2D eigenvalue weighted by atomic mass is 9.74. The van der Waals surface area contributed by atoms with E-state index in [4.69, 9.17) is 9.47 Å². The highest BCUT2D eigenvalue weighted by atomic mass is 19.1. The Balaban J connectivity index is 1.13. The molecule has 3 amide bonds. The molecule has 1 saturated carbocycles. The van der Waals surface area contributed by atoms with Gasteiger partial charge in [0.1, 0.15) is 29.0 Å². The SMILES string of the molecule is O=C(Nc1ccc(Oc2ccccc2)cc1)[C@@H]1[C@H]2C=C[C@@]3(O2)[C@H]1C(=O)N(Cc1ccc(F)cc1)[C@@H]3C(=O)NC1CCCCC1. The second kappa shape index (κ2) is 11.5. The summed E-state index contributed by atoms with van der Waals surface area (Å²) in [4.78, 5) is 43.5. The highest BCUT2D eigenvalue weighted by molar-refractivity contribution is 6.02. The Bertz CT molecular complexity index is 1570. The van der Waals surface area contributed by atoms with E-state index in [-0.39, 0.29) is 36.1 Å². The van der Waals surface area contributed by atoms with E-state index < -0.39 is 29.6 Å². The average Bonchev–Trinajstić information content (AvgIpc) is 3.68. The molecular weight excluding hydrogens is 561 g/mol. The zero-order valence-electron chi connectivity index (χ0n) is 24.2. The van der Waals surface area contributed by atoms with Crippen LogP contribution in [0.25, 0.3) is 0 Å². The molecule has 5 atom stereocenters. The summed E-state index contributed by atoms with van der Waals surface area (Å²) in [6.45, 7) is 0.0964. The number of halogens is 1. The van der Waals surface area contributed by atoms with Crippen molar-refractivity contribution in [1.29, 1.82) is 0 Å². The van der Waals surface area contributed by atoms with Gasteiger partial charge in [0.15, 0.2) is 0 Å². The van der Waals surface area contributed by atoms with Gasteiger partial charge in [-0.25, -0.2) is 4.39 Å². The lowest BCUT2D eigenvalue weighted by Crippen LogP contribution is -2.56. The largest absolute Gasteiger partial charge is 0.457 e. The first kappa shape index (κ1) is 28.3. The lowest BCUT2D eigenvalue weighted by Gasteiger charge is -2.34. The molecule has 0 aromatic heterocycles. The maximum atomic E-state index is 14.2. The van der Waals surface area contributed by atoms with Crippen LogP contribution in [0.2, 0.25) is 0 Å². The lowest BCUT2D eigenvalue weighted by molar-refractivity contribution is -0.142. The Kier molecular flexibility index (Phi) is 7.42. The van der Waals surface area contributed by atoms with E-state index in [1.807, 2.05) is 30.3 Å². The van der Waals surface area contributed by atoms with Gasteiger partial charge in [-0.05, 0) is 66.9 Å². The van der Waals surface area contributed by atoms with Crippen molar-refractivity contribution in [3.63, 3.8) is 0 Å². The first-order valence-corrected chi connectivity index (χ1v) is 15.3. The van der Waals surface area contributed by atoms with Crippen molar-refractivity contribution in [2.45, 2.75) is 62.4 Å². The number of para-hydroxylation sites is 1. The Morgan fingerprint density at radius 3 is 2.34 bits per heavy atom. The van der Waals surface area contributed by atoms with Crippen molar-refractivity contribution >= 4 is 23.4 Å². The molecule has 2 N–H and O–H groups in total. The van der Waals surface area contributed by atoms with E-state index in [0.29, 0.717) is 22.7 Å². The zero-order chi connectivity index (χ0) is 30.3. The predicted molar refractivity (Wildman–Crippen MR) is 161 cm³/mol. The number of anilines is 1. The summed E-state index contributed by atoms with van der Waals surface area (Å²) < 4.78 is 26.0. The van der Waals surface area contributed by atoms with Crippen LogP contribution < -0.4 is 15.4 Å². The fourth-order valence-corrected chi connectivity index (χ4v) is 7.21. The third kappa shape index (κ3) is 5.15. The molecule has 2 saturated heterocycles. The summed E-state index contributed by atoms with van der Waals surface area (Å²) in [6, 6.07) is 21.4. The van der Waals surface area contributed by atoms with Crippen LogP contribution >= 0.6 is 0 Å². The topological polar surface area (TPSA) is 97.0 Å².